The quantitative estimate of drug-likeness (QED) is 0.876. The molecule has 1 amide bonds. The molecular weight excluding hydrogens is 337 g/mol. The lowest BCUT2D eigenvalue weighted by atomic mass is 10.1. The van der Waals surface area contributed by atoms with Crippen LogP contribution in [0.4, 0.5) is 9.18 Å². The van der Waals surface area contributed by atoms with Crippen molar-refractivity contribution in [2.24, 2.45) is 5.92 Å². The second kappa shape index (κ2) is 6.87. The van der Waals surface area contributed by atoms with E-state index in [1.807, 2.05) is 38.3 Å². The van der Waals surface area contributed by atoms with Gasteiger partial charge in [0.15, 0.2) is 5.82 Å². The fourth-order valence-corrected chi connectivity index (χ4v) is 3.50. The van der Waals surface area contributed by atoms with Crippen molar-refractivity contribution in [3.63, 3.8) is 0 Å². The fraction of sp³-hybridized carbons (Fsp3) is 0.579. The minimum Gasteiger partial charge on any atom is -0.444 e. The summed E-state index contributed by atoms with van der Waals surface area (Å²) >= 11 is 0. The number of amides is 1. The number of aliphatic hydroxyl groups is 1. The number of nitrogens with zero attached hydrogens (tertiary/aromatic N) is 2. The standard InChI is InChI=1S/C19H26FN3O3/c1-11-22-17-15(9-13-7-12(10-24)8-14(13)16(17)20)23(11)6-5-21-18(25)26-19(2,3)4/h9,12,24H,5-8,10H2,1-4H3,(H,21,25). The normalized spacial score (nSPS) is 16.8. The Kier molecular flexibility index (Phi) is 4.92. The number of ether oxygens (including phenoxy) is 1. The van der Waals surface area contributed by atoms with Crippen LogP contribution in [-0.2, 0) is 24.1 Å². The molecule has 1 atom stereocenters. The molecule has 1 aliphatic rings. The van der Waals surface area contributed by atoms with E-state index in [2.05, 4.69) is 10.3 Å². The van der Waals surface area contributed by atoms with E-state index in [1.165, 1.54) is 0 Å². The lowest BCUT2D eigenvalue weighted by Gasteiger charge is -2.19. The molecule has 0 aliphatic heterocycles. The van der Waals surface area contributed by atoms with Crippen molar-refractivity contribution in [1.82, 2.24) is 14.9 Å². The van der Waals surface area contributed by atoms with Crippen LogP contribution in [0.15, 0.2) is 6.07 Å². The minimum atomic E-state index is -0.547. The average Bonchev–Trinajstić information content (AvgIpc) is 3.08. The van der Waals surface area contributed by atoms with Crippen molar-refractivity contribution in [3.05, 3.63) is 28.8 Å². The third kappa shape index (κ3) is 3.67. The first-order chi connectivity index (χ1) is 12.2. The van der Waals surface area contributed by atoms with Crippen LogP contribution in [0.2, 0.25) is 0 Å². The number of aromatic nitrogens is 2. The number of aliphatic hydroxyl groups excluding tert-OH is 1. The number of hydrogen-bond acceptors (Lipinski definition) is 4. The second-order valence-electron chi connectivity index (χ2n) is 7.89. The first-order valence-corrected chi connectivity index (χ1v) is 8.94. The highest BCUT2D eigenvalue weighted by atomic mass is 19.1. The summed E-state index contributed by atoms with van der Waals surface area (Å²) in [4.78, 5) is 16.2. The minimum absolute atomic E-state index is 0.0601. The highest BCUT2D eigenvalue weighted by Gasteiger charge is 2.27. The number of benzene rings is 1. The lowest BCUT2D eigenvalue weighted by Crippen LogP contribution is -2.34. The molecule has 0 spiro atoms. The Morgan fingerprint density at radius 2 is 2.19 bits per heavy atom. The molecule has 1 aliphatic carbocycles. The van der Waals surface area contributed by atoms with Gasteiger partial charge in [0.05, 0.1) is 5.52 Å². The number of carbonyl (C=O) groups is 1. The monoisotopic (exact) mass is 363 g/mol. The van der Waals surface area contributed by atoms with Gasteiger partial charge in [-0.3, -0.25) is 0 Å². The van der Waals surface area contributed by atoms with E-state index < -0.39 is 11.7 Å². The van der Waals surface area contributed by atoms with Crippen LogP contribution in [0.5, 0.6) is 0 Å². The third-order valence-electron chi connectivity index (χ3n) is 4.63. The van der Waals surface area contributed by atoms with Crippen LogP contribution in [0.25, 0.3) is 11.0 Å². The SMILES string of the molecule is Cc1nc2c(F)c3c(cc2n1CCNC(=O)OC(C)(C)C)CC(CO)C3. The van der Waals surface area contributed by atoms with Crippen LogP contribution >= 0.6 is 0 Å². The van der Waals surface area contributed by atoms with E-state index in [0.717, 1.165) is 11.1 Å². The van der Waals surface area contributed by atoms with Crippen molar-refractivity contribution in [2.75, 3.05) is 13.2 Å². The van der Waals surface area contributed by atoms with Crippen LogP contribution < -0.4 is 5.32 Å². The summed E-state index contributed by atoms with van der Waals surface area (Å²) in [6, 6.07) is 1.97. The molecule has 3 rings (SSSR count). The molecule has 1 aromatic heterocycles. The molecule has 0 saturated heterocycles. The Balaban J connectivity index is 1.78. The van der Waals surface area contributed by atoms with Gasteiger partial charge in [0.2, 0.25) is 0 Å². The number of halogens is 1. The summed E-state index contributed by atoms with van der Waals surface area (Å²) in [7, 11) is 0. The number of fused-ring (bicyclic) bond motifs is 2. The Morgan fingerprint density at radius 1 is 1.46 bits per heavy atom. The molecule has 0 fully saturated rings. The summed E-state index contributed by atoms with van der Waals surface area (Å²) in [5.41, 5.74) is 2.15. The molecular formula is C19H26FN3O3. The molecule has 142 valence electrons. The number of imidazole rings is 1. The Hall–Kier alpha value is -2.15. The number of hydrogen-bond donors (Lipinski definition) is 2. The maximum absolute atomic E-state index is 14.9. The number of rotatable bonds is 4. The van der Waals surface area contributed by atoms with Gasteiger partial charge in [-0.25, -0.2) is 14.2 Å². The molecule has 26 heavy (non-hydrogen) atoms. The average molecular weight is 363 g/mol. The van der Waals surface area contributed by atoms with Gasteiger partial charge >= 0.3 is 6.09 Å². The molecule has 0 radical (unpaired) electrons. The van der Waals surface area contributed by atoms with Gasteiger partial charge in [0.25, 0.3) is 0 Å². The molecule has 6 nitrogen and oxygen atoms in total. The molecule has 7 heteroatoms. The molecule has 0 saturated carbocycles. The van der Waals surface area contributed by atoms with Gasteiger partial charge < -0.3 is 19.7 Å². The Morgan fingerprint density at radius 3 is 2.85 bits per heavy atom. The Bertz CT molecular complexity index is 839. The van der Waals surface area contributed by atoms with Crippen molar-refractivity contribution in [2.45, 2.75) is 52.7 Å². The van der Waals surface area contributed by atoms with Gasteiger partial charge in [-0.2, -0.15) is 0 Å². The zero-order valence-electron chi connectivity index (χ0n) is 15.7. The van der Waals surface area contributed by atoms with E-state index in [-0.39, 0.29) is 18.3 Å². The molecule has 2 aromatic rings. The predicted molar refractivity (Wildman–Crippen MR) is 96.6 cm³/mol. The maximum atomic E-state index is 14.9. The van der Waals surface area contributed by atoms with Crippen LogP contribution in [0.3, 0.4) is 0 Å². The number of nitrogens with one attached hydrogen (secondary N) is 1. The summed E-state index contributed by atoms with van der Waals surface area (Å²) in [6.07, 6.45) is 0.760. The fourth-order valence-electron chi connectivity index (χ4n) is 3.50. The highest BCUT2D eigenvalue weighted by Crippen LogP contribution is 2.33. The van der Waals surface area contributed by atoms with Crippen LogP contribution in [0.1, 0.15) is 37.7 Å². The molecule has 1 unspecified atom stereocenters. The predicted octanol–water partition coefficient (Wildman–Crippen LogP) is 2.72. The first-order valence-electron chi connectivity index (χ1n) is 8.94. The van der Waals surface area contributed by atoms with Gasteiger partial charge in [-0.05, 0) is 63.6 Å². The summed E-state index contributed by atoms with van der Waals surface area (Å²) in [6.45, 7) is 8.15. The lowest BCUT2D eigenvalue weighted by molar-refractivity contribution is 0.0526. The van der Waals surface area contributed by atoms with Crippen molar-refractivity contribution in [1.29, 1.82) is 0 Å². The Labute approximate surface area is 152 Å². The zero-order valence-corrected chi connectivity index (χ0v) is 15.7. The maximum Gasteiger partial charge on any atom is 0.407 e. The summed E-state index contributed by atoms with van der Waals surface area (Å²) in [5.74, 6) is 0.497. The smallest absolute Gasteiger partial charge is 0.407 e. The van der Waals surface area contributed by atoms with Gasteiger partial charge in [-0.1, -0.05) is 0 Å². The summed E-state index contributed by atoms with van der Waals surface area (Å²) in [5, 5.41) is 12.1. The molecule has 1 heterocycles. The van der Waals surface area contributed by atoms with E-state index >= 15 is 0 Å². The van der Waals surface area contributed by atoms with E-state index in [1.54, 1.807) is 0 Å². The van der Waals surface area contributed by atoms with Crippen LogP contribution in [-0.4, -0.2) is 39.5 Å². The zero-order chi connectivity index (χ0) is 19.1. The highest BCUT2D eigenvalue weighted by molar-refractivity contribution is 5.79. The number of alkyl carbamates (subject to hydrolysis) is 1. The molecule has 0 bridgehead atoms. The van der Waals surface area contributed by atoms with Crippen molar-refractivity contribution < 1.29 is 19.0 Å². The second-order valence-corrected chi connectivity index (χ2v) is 7.89. The largest absolute Gasteiger partial charge is 0.444 e. The molecule has 2 N–H and O–H groups in total. The topological polar surface area (TPSA) is 76.4 Å². The van der Waals surface area contributed by atoms with E-state index in [0.29, 0.717) is 42.8 Å². The van der Waals surface area contributed by atoms with Gasteiger partial charge in [-0.15, -0.1) is 0 Å². The number of carbonyl (C=O) groups excluding carboxylic acids is 1. The van der Waals surface area contributed by atoms with E-state index in [9.17, 15) is 14.3 Å². The van der Waals surface area contributed by atoms with Crippen molar-refractivity contribution in [3.8, 4) is 0 Å². The molecule has 1 aromatic carbocycles. The number of aryl methyl sites for hydroxylation is 1. The summed E-state index contributed by atoms with van der Waals surface area (Å²) < 4.78 is 22.0. The van der Waals surface area contributed by atoms with Crippen molar-refractivity contribution >= 4 is 17.1 Å². The van der Waals surface area contributed by atoms with Gasteiger partial charge in [0, 0.05) is 19.7 Å². The first kappa shape index (κ1) is 18.6. The third-order valence-corrected chi connectivity index (χ3v) is 4.63. The van der Waals surface area contributed by atoms with Crippen LogP contribution in [0, 0.1) is 18.7 Å². The van der Waals surface area contributed by atoms with Gasteiger partial charge in [0.1, 0.15) is 16.9 Å². The van der Waals surface area contributed by atoms with E-state index in [4.69, 9.17) is 4.74 Å².